The molecule has 1 aliphatic rings. The summed E-state index contributed by atoms with van der Waals surface area (Å²) in [6, 6.07) is 11.5. The van der Waals surface area contributed by atoms with E-state index in [4.69, 9.17) is 9.94 Å². The SMILES string of the molecule is COCc1nc(CN2CCN([C@H](C(=O)N[C@@H](Cc3ccccc3)C(O)(O)CNS(=O)(=O)c3ccc(C=NO)cc3)C(C)C)C2=O)cs1. The van der Waals surface area contributed by atoms with Crippen molar-refractivity contribution in [3.8, 4) is 0 Å². The zero-order chi connectivity index (χ0) is 34.2. The Kier molecular flexibility index (Phi) is 12.1. The van der Waals surface area contributed by atoms with Crippen LogP contribution in [0.25, 0.3) is 0 Å². The lowest BCUT2D eigenvalue weighted by Crippen LogP contribution is -2.62. The quantitative estimate of drug-likeness (QED) is 0.0645. The van der Waals surface area contributed by atoms with E-state index in [0.717, 1.165) is 11.2 Å². The maximum Gasteiger partial charge on any atom is 0.321 e. The number of amides is 3. The van der Waals surface area contributed by atoms with Crippen molar-refractivity contribution in [1.82, 2.24) is 24.8 Å². The highest BCUT2D eigenvalue weighted by Crippen LogP contribution is 2.23. The van der Waals surface area contributed by atoms with Crippen molar-refractivity contribution in [3.05, 3.63) is 81.8 Å². The van der Waals surface area contributed by atoms with E-state index < -0.39 is 40.3 Å². The molecule has 1 saturated heterocycles. The monoisotopic (exact) mass is 688 g/mol. The number of methoxy groups -OCH3 is 1. The third kappa shape index (κ3) is 9.33. The Labute approximate surface area is 277 Å². The standard InChI is InChI=1S/C31H40N6O8S2/c1-21(2)28(37-14-13-36(30(37)39)17-24-19-46-27(34-24)18-45-3)29(38)35-26(15-22-7-5-4-6-8-22)31(40,41)20-33-47(43,44)25-11-9-23(10-12-25)16-32-42/h4-12,16,19,21,26,28,33,40-42H,13-15,17-18,20H2,1-3H3,(H,35,38)/t26-,28-/m0/s1. The van der Waals surface area contributed by atoms with E-state index in [9.17, 15) is 28.2 Å². The number of ether oxygens (including phenoxy) is 1. The average molecular weight is 689 g/mol. The number of aliphatic hydroxyl groups is 2. The number of carbonyl (C=O) groups is 2. The second-order valence-corrected chi connectivity index (χ2v) is 14.2. The largest absolute Gasteiger partial charge is 0.411 e. The molecule has 47 heavy (non-hydrogen) atoms. The predicted molar refractivity (Wildman–Crippen MR) is 174 cm³/mol. The van der Waals surface area contributed by atoms with Crippen LogP contribution in [0.3, 0.4) is 0 Å². The molecule has 0 saturated carbocycles. The van der Waals surface area contributed by atoms with Gasteiger partial charge in [-0.1, -0.05) is 61.5 Å². The minimum absolute atomic E-state index is 0.0466. The van der Waals surface area contributed by atoms with Crippen LogP contribution in [0.2, 0.25) is 0 Å². The van der Waals surface area contributed by atoms with Gasteiger partial charge in [0.15, 0.2) is 5.79 Å². The van der Waals surface area contributed by atoms with Crippen LogP contribution in [0, 0.1) is 5.92 Å². The van der Waals surface area contributed by atoms with E-state index in [1.54, 1.807) is 56.2 Å². The number of thiazole rings is 1. The molecule has 0 aliphatic carbocycles. The van der Waals surface area contributed by atoms with Crippen LogP contribution in [0.1, 0.15) is 35.7 Å². The number of oxime groups is 1. The molecule has 2 aromatic carbocycles. The van der Waals surface area contributed by atoms with Crippen molar-refractivity contribution in [2.24, 2.45) is 11.1 Å². The summed E-state index contributed by atoms with van der Waals surface area (Å²) in [5.74, 6) is -3.69. The Balaban J connectivity index is 1.50. The summed E-state index contributed by atoms with van der Waals surface area (Å²) in [7, 11) is -2.62. The number of aromatic nitrogens is 1. The molecule has 4 rings (SSSR count). The Morgan fingerprint density at radius 2 is 1.85 bits per heavy atom. The first-order valence-corrected chi connectivity index (χ1v) is 17.2. The molecule has 2 atom stereocenters. The van der Waals surface area contributed by atoms with Gasteiger partial charge in [-0.3, -0.25) is 4.79 Å². The Morgan fingerprint density at radius 3 is 2.49 bits per heavy atom. The minimum Gasteiger partial charge on any atom is -0.411 e. The fraction of sp³-hybridized carbons (Fsp3) is 0.419. The number of nitrogens with one attached hydrogen (secondary N) is 2. The van der Waals surface area contributed by atoms with E-state index in [0.29, 0.717) is 30.0 Å². The van der Waals surface area contributed by atoms with Gasteiger partial charge in [0, 0.05) is 25.6 Å². The van der Waals surface area contributed by atoms with Crippen LogP contribution in [-0.2, 0) is 39.1 Å². The normalized spacial score (nSPS) is 15.5. The number of carbonyl (C=O) groups excluding carboxylic acids is 2. The highest BCUT2D eigenvalue weighted by atomic mass is 32.2. The van der Waals surface area contributed by atoms with Crippen molar-refractivity contribution in [2.45, 2.75) is 56.2 Å². The number of sulfonamides is 1. The molecule has 5 N–H and O–H groups in total. The average Bonchev–Trinajstić information content (AvgIpc) is 3.63. The summed E-state index contributed by atoms with van der Waals surface area (Å²) >= 11 is 1.44. The highest BCUT2D eigenvalue weighted by molar-refractivity contribution is 7.89. The smallest absolute Gasteiger partial charge is 0.321 e. The molecule has 254 valence electrons. The van der Waals surface area contributed by atoms with Crippen LogP contribution in [0.15, 0.2) is 70.0 Å². The van der Waals surface area contributed by atoms with Gasteiger partial charge in [-0.15, -0.1) is 11.3 Å². The number of urea groups is 1. The predicted octanol–water partition coefficient (Wildman–Crippen LogP) is 1.75. The summed E-state index contributed by atoms with van der Waals surface area (Å²) in [4.78, 5) is 34.8. The van der Waals surface area contributed by atoms with Crippen LogP contribution < -0.4 is 10.0 Å². The molecule has 1 aliphatic heterocycles. The second-order valence-electron chi connectivity index (χ2n) is 11.5. The van der Waals surface area contributed by atoms with Gasteiger partial charge in [-0.05, 0) is 35.6 Å². The lowest BCUT2D eigenvalue weighted by Gasteiger charge is -2.36. The topological polar surface area (TPSA) is 194 Å². The van der Waals surface area contributed by atoms with Crippen LogP contribution in [0.5, 0.6) is 0 Å². The Bertz CT molecular complexity index is 1630. The number of benzene rings is 2. The molecule has 1 fully saturated rings. The fourth-order valence-electron chi connectivity index (χ4n) is 5.26. The zero-order valence-electron chi connectivity index (χ0n) is 26.3. The van der Waals surface area contributed by atoms with E-state index in [-0.39, 0.29) is 36.4 Å². The molecular formula is C31H40N6O8S2. The molecule has 3 aromatic rings. The molecular weight excluding hydrogens is 649 g/mol. The lowest BCUT2D eigenvalue weighted by molar-refractivity contribution is -0.180. The number of hydrogen-bond acceptors (Lipinski definition) is 11. The van der Waals surface area contributed by atoms with Crippen LogP contribution >= 0.6 is 11.3 Å². The minimum atomic E-state index is -4.20. The molecule has 0 spiro atoms. The molecule has 1 aromatic heterocycles. The first-order chi connectivity index (χ1) is 22.3. The molecule has 0 unspecified atom stereocenters. The molecule has 16 heteroatoms. The zero-order valence-corrected chi connectivity index (χ0v) is 27.9. The number of rotatable bonds is 16. The molecule has 3 amide bonds. The summed E-state index contributed by atoms with van der Waals surface area (Å²) in [6.45, 7) is 4.03. The maximum atomic E-state index is 13.9. The van der Waals surface area contributed by atoms with Crippen LogP contribution in [0.4, 0.5) is 4.79 Å². The van der Waals surface area contributed by atoms with E-state index in [2.05, 4.69) is 20.2 Å². The maximum absolute atomic E-state index is 13.9. The molecule has 0 bridgehead atoms. The van der Waals surface area contributed by atoms with Crippen molar-refractivity contribution in [2.75, 3.05) is 26.7 Å². The van der Waals surface area contributed by atoms with Crippen molar-refractivity contribution in [3.63, 3.8) is 0 Å². The van der Waals surface area contributed by atoms with Gasteiger partial charge in [-0.25, -0.2) is 22.9 Å². The molecule has 14 nitrogen and oxygen atoms in total. The summed E-state index contributed by atoms with van der Waals surface area (Å²) in [5, 5.41) is 39.5. The Hall–Kier alpha value is -3.93. The van der Waals surface area contributed by atoms with Gasteiger partial charge in [0.2, 0.25) is 15.9 Å². The van der Waals surface area contributed by atoms with Gasteiger partial charge in [0.05, 0.1) is 42.5 Å². The van der Waals surface area contributed by atoms with Gasteiger partial charge in [-0.2, -0.15) is 0 Å². The van der Waals surface area contributed by atoms with Crippen LogP contribution in [-0.4, -0.2) is 101 Å². The van der Waals surface area contributed by atoms with E-state index in [1.165, 1.54) is 40.5 Å². The van der Waals surface area contributed by atoms with Gasteiger partial charge < -0.3 is 35.3 Å². The van der Waals surface area contributed by atoms with E-state index >= 15 is 0 Å². The third-order valence-corrected chi connectivity index (χ3v) is 9.95. The highest BCUT2D eigenvalue weighted by Gasteiger charge is 2.43. The molecule has 2 heterocycles. The van der Waals surface area contributed by atoms with Crippen molar-refractivity contribution >= 4 is 39.5 Å². The third-order valence-electron chi connectivity index (χ3n) is 7.66. The van der Waals surface area contributed by atoms with Gasteiger partial charge in [0.1, 0.15) is 11.0 Å². The second kappa shape index (κ2) is 15.8. The summed E-state index contributed by atoms with van der Waals surface area (Å²) < 4.78 is 33.3. The first-order valence-electron chi connectivity index (χ1n) is 14.9. The van der Waals surface area contributed by atoms with Gasteiger partial charge >= 0.3 is 6.03 Å². The number of hydrogen-bond donors (Lipinski definition) is 5. The summed E-state index contributed by atoms with van der Waals surface area (Å²) in [6.07, 6.45) is 1.08. The van der Waals surface area contributed by atoms with E-state index in [1.807, 2.05) is 5.38 Å². The van der Waals surface area contributed by atoms with Crippen molar-refractivity contribution < 1.29 is 38.2 Å². The van der Waals surface area contributed by atoms with Crippen molar-refractivity contribution in [1.29, 1.82) is 0 Å². The summed E-state index contributed by atoms with van der Waals surface area (Å²) in [5.41, 5.74) is 1.83. The fourth-order valence-corrected chi connectivity index (χ4v) is 7.08. The lowest BCUT2D eigenvalue weighted by atomic mass is 9.96. The molecule has 0 radical (unpaired) electrons. The first kappa shape index (κ1) is 35.9. The number of nitrogens with zero attached hydrogens (tertiary/aromatic N) is 4. The Morgan fingerprint density at radius 1 is 1.15 bits per heavy atom. The van der Waals surface area contributed by atoms with Gasteiger partial charge in [0.25, 0.3) is 0 Å².